The van der Waals surface area contributed by atoms with Crippen molar-refractivity contribution in [3.05, 3.63) is 40.7 Å². The number of likely N-dealkylation sites (tertiary alicyclic amines) is 1. The SMILES string of the molecule is O=C(Nc1nnc(C(F)(F)F)s1)C1CCN(C(=O)c2cccc(F)c2)CC1. The minimum atomic E-state index is -4.61. The minimum Gasteiger partial charge on any atom is -0.339 e. The van der Waals surface area contributed by atoms with Crippen molar-refractivity contribution in [2.75, 3.05) is 18.4 Å². The summed E-state index contributed by atoms with van der Waals surface area (Å²) in [5, 5.41) is 7.32. The van der Waals surface area contributed by atoms with Crippen LogP contribution in [0.5, 0.6) is 0 Å². The number of carbonyl (C=O) groups excluding carboxylic acids is 2. The van der Waals surface area contributed by atoms with E-state index < -0.39 is 28.8 Å². The van der Waals surface area contributed by atoms with E-state index in [0.717, 1.165) is 6.07 Å². The van der Waals surface area contributed by atoms with Gasteiger partial charge in [-0.3, -0.25) is 9.59 Å². The lowest BCUT2D eigenvalue weighted by Crippen LogP contribution is -2.41. The van der Waals surface area contributed by atoms with E-state index >= 15 is 0 Å². The molecule has 1 saturated heterocycles. The summed E-state index contributed by atoms with van der Waals surface area (Å²) in [4.78, 5) is 26.1. The molecule has 144 valence electrons. The zero-order valence-electron chi connectivity index (χ0n) is 13.8. The molecule has 0 radical (unpaired) electrons. The number of aromatic nitrogens is 2. The van der Waals surface area contributed by atoms with Crippen molar-refractivity contribution in [2.24, 2.45) is 5.92 Å². The number of hydrogen-bond donors (Lipinski definition) is 1. The number of alkyl halides is 3. The van der Waals surface area contributed by atoms with E-state index in [-0.39, 0.29) is 41.0 Å². The van der Waals surface area contributed by atoms with Gasteiger partial charge in [-0.25, -0.2) is 4.39 Å². The normalized spacial score (nSPS) is 15.6. The van der Waals surface area contributed by atoms with E-state index in [4.69, 9.17) is 0 Å². The van der Waals surface area contributed by atoms with E-state index in [9.17, 15) is 27.2 Å². The zero-order valence-corrected chi connectivity index (χ0v) is 14.6. The van der Waals surface area contributed by atoms with Gasteiger partial charge in [-0.2, -0.15) is 13.2 Å². The summed E-state index contributed by atoms with van der Waals surface area (Å²) < 4.78 is 50.8. The number of nitrogens with zero attached hydrogens (tertiary/aromatic N) is 3. The Morgan fingerprint density at radius 1 is 1.19 bits per heavy atom. The van der Waals surface area contributed by atoms with Crippen molar-refractivity contribution in [3.63, 3.8) is 0 Å². The number of halogens is 4. The van der Waals surface area contributed by atoms with Gasteiger partial charge in [-0.1, -0.05) is 17.4 Å². The largest absolute Gasteiger partial charge is 0.445 e. The first-order chi connectivity index (χ1) is 12.7. The van der Waals surface area contributed by atoms with Gasteiger partial charge in [0.2, 0.25) is 16.0 Å². The molecule has 2 aromatic rings. The van der Waals surface area contributed by atoms with Gasteiger partial charge >= 0.3 is 6.18 Å². The van der Waals surface area contributed by atoms with Crippen LogP contribution >= 0.6 is 11.3 Å². The fourth-order valence-electron chi connectivity index (χ4n) is 2.74. The van der Waals surface area contributed by atoms with Crippen LogP contribution in [-0.4, -0.2) is 40.0 Å². The quantitative estimate of drug-likeness (QED) is 0.801. The number of nitrogens with one attached hydrogen (secondary N) is 1. The van der Waals surface area contributed by atoms with Crippen molar-refractivity contribution >= 4 is 28.3 Å². The summed E-state index contributed by atoms with van der Waals surface area (Å²) in [5.74, 6) is -1.75. The molecule has 2 heterocycles. The molecule has 0 atom stereocenters. The Morgan fingerprint density at radius 3 is 2.48 bits per heavy atom. The minimum absolute atomic E-state index is 0.217. The predicted octanol–water partition coefficient (Wildman–Crippen LogP) is 3.19. The molecule has 0 spiro atoms. The highest BCUT2D eigenvalue weighted by Gasteiger charge is 2.36. The van der Waals surface area contributed by atoms with E-state index in [2.05, 4.69) is 15.5 Å². The zero-order chi connectivity index (χ0) is 19.6. The Morgan fingerprint density at radius 2 is 1.89 bits per heavy atom. The lowest BCUT2D eigenvalue weighted by Gasteiger charge is -2.31. The molecule has 6 nitrogen and oxygen atoms in total. The van der Waals surface area contributed by atoms with Crippen LogP contribution in [0.15, 0.2) is 24.3 Å². The summed E-state index contributed by atoms with van der Waals surface area (Å²) in [7, 11) is 0. The maximum Gasteiger partial charge on any atom is 0.445 e. The van der Waals surface area contributed by atoms with E-state index in [0.29, 0.717) is 12.8 Å². The number of anilines is 1. The molecule has 1 fully saturated rings. The molecule has 0 bridgehead atoms. The van der Waals surface area contributed by atoms with E-state index in [1.165, 1.54) is 23.1 Å². The van der Waals surface area contributed by atoms with Crippen molar-refractivity contribution in [1.29, 1.82) is 0 Å². The van der Waals surface area contributed by atoms with Crippen LogP contribution in [-0.2, 0) is 11.0 Å². The monoisotopic (exact) mass is 402 g/mol. The van der Waals surface area contributed by atoms with Crippen LogP contribution in [0.1, 0.15) is 28.2 Å². The van der Waals surface area contributed by atoms with Crippen LogP contribution < -0.4 is 5.32 Å². The molecule has 1 N–H and O–H groups in total. The second-order valence-corrected chi connectivity index (χ2v) is 6.95. The third-order valence-electron chi connectivity index (χ3n) is 4.12. The molecule has 0 saturated carbocycles. The standard InChI is InChI=1S/C16H14F4N4O2S/c17-11-3-1-2-10(8-11)13(26)24-6-4-9(5-7-24)12(25)21-15-23-22-14(27-15)16(18,19)20/h1-3,8-9H,4-7H2,(H,21,23,25). The topological polar surface area (TPSA) is 75.2 Å². The first kappa shape index (κ1) is 19.2. The van der Waals surface area contributed by atoms with Crippen LogP contribution in [0.3, 0.4) is 0 Å². The lowest BCUT2D eigenvalue weighted by molar-refractivity contribution is -0.138. The number of amides is 2. The van der Waals surface area contributed by atoms with Crippen LogP contribution in [0.2, 0.25) is 0 Å². The Kier molecular flexibility index (Phi) is 5.40. The second kappa shape index (κ2) is 7.59. The molecule has 1 aliphatic rings. The van der Waals surface area contributed by atoms with Crippen molar-refractivity contribution in [1.82, 2.24) is 15.1 Å². The molecule has 27 heavy (non-hydrogen) atoms. The number of rotatable bonds is 3. The van der Waals surface area contributed by atoms with Gasteiger partial charge in [-0.05, 0) is 31.0 Å². The van der Waals surface area contributed by atoms with Crippen LogP contribution in [0.25, 0.3) is 0 Å². The average molecular weight is 402 g/mol. The second-order valence-electron chi connectivity index (χ2n) is 5.98. The summed E-state index contributed by atoms with van der Waals surface area (Å²) in [6.07, 6.45) is -3.92. The van der Waals surface area contributed by atoms with Gasteiger partial charge in [0.25, 0.3) is 5.91 Å². The van der Waals surface area contributed by atoms with Crippen molar-refractivity contribution in [2.45, 2.75) is 19.0 Å². The maximum absolute atomic E-state index is 13.2. The Hall–Kier alpha value is -2.56. The molecular weight excluding hydrogens is 388 g/mol. The molecule has 11 heteroatoms. The molecule has 1 aromatic heterocycles. The summed E-state index contributed by atoms with van der Waals surface area (Å²) in [6.45, 7) is 0.578. The fourth-order valence-corrected chi connectivity index (χ4v) is 3.36. The van der Waals surface area contributed by atoms with Gasteiger partial charge in [0.1, 0.15) is 5.82 Å². The molecular formula is C16H14F4N4O2S. The van der Waals surface area contributed by atoms with Crippen LogP contribution in [0.4, 0.5) is 22.7 Å². The third kappa shape index (κ3) is 4.59. The smallest absolute Gasteiger partial charge is 0.339 e. The highest BCUT2D eigenvalue weighted by atomic mass is 32.1. The Balaban J connectivity index is 1.55. The van der Waals surface area contributed by atoms with Gasteiger partial charge < -0.3 is 10.2 Å². The van der Waals surface area contributed by atoms with E-state index in [1.54, 1.807) is 0 Å². The third-order valence-corrected chi connectivity index (χ3v) is 5.01. The first-order valence-electron chi connectivity index (χ1n) is 8.00. The predicted molar refractivity (Wildman–Crippen MR) is 88.6 cm³/mol. The van der Waals surface area contributed by atoms with Gasteiger partial charge in [0, 0.05) is 24.6 Å². The summed E-state index contributed by atoms with van der Waals surface area (Å²) in [5.41, 5.74) is 0.228. The maximum atomic E-state index is 13.2. The molecule has 0 aliphatic carbocycles. The molecule has 1 aromatic carbocycles. The molecule has 1 aliphatic heterocycles. The van der Waals surface area contributed by atoms with Crippen LogP contribution in [0, 0.1) is 11.7 Å². The highest BCUT2D eigenvalue weighted by Crippen LogP contribution is 2.33. The number of hydrogen-bond acceptors (Lipinski definition) is 5. The van der Waals surface area contributed by atoms with Crippen molar-refractivity contribution in [3.8, 4) is 0 Å². The number of carbonyl (C=O) groups is 2. The molecule has 2 amide bonds. The fraction of sp³-hybridized carbons (Fsp3) is 0.375. The Labute approximate surface area is 155 Å². The summed E-state index contributed by atoms with van der Waals surface area (Å²) in [6, 6.07) is 5.35. The van der Waals surface area contributed by atoms with Gasteiger partial charge in [0.15, 0.2) is 0 Å². The molecule has 3 rings (SSSR count). The lowest BCUT2D eigenvalue weighted by atomic mass is 9.95. The highest BCUT2D eigenvalue weighted by molar-refractivity contribution is 7.15. The average Bonchev–Trinajstić information content (AvgIpc) is 3.10. The first-order valence-corrected chi connectivity index (χ1v) is 8.82. The van der Waals surface area contributed by atoms with E-state index in [1.807, 2.05) is 0 Å². The van der Waals surface area contributed by atoms with Crippen molar-refractivity contribution < 1.29 is 27.2 Å². The van der Waals surface area contributed by atoms with Gasteiger partial charge in [0.05, 0.1) is 0 Å². The molecule has 0 unspecified atom stereocenters. The Bertz CT molecular complexity index is 847. The number of piperidine rings is 1. The number of benzene rings is 1. The van der Waals surface area contributed by atoms with Gasteiger partial charge in [-0.15, -0.1) is 10.2 Å². The summed E-state index contributed by atoms with van der Waals surface area (Å²) >= 11 is 0.257.